The molecule has 2 N–H and O–H groups in total. The Hall–Kier alpha value is -1.00. The van der Waals surface area contributed by atoms with Crippen LogP contribution < -0.4 is 5.73 Å². The first kappa shape index (κ1) is 15.1. The summed E-state index contributed by atoms with van der Waals surface area (Å²) in [5.41, 5.74) is 7.98. The van der Waals surface area contributed by atoms with Gasteiger partial charge in [-0.3, -0.25) is 0 Å². The molecule has 1 aromatic heterocycles. The maximum Gasteiger partial charge on any atom is 0.127 e. The third-order valence-electron chi connectivity index (χ3n) is 2.58. The van der Waals surface area contributed by atoms with Crippen LogP contribution in [-0.4, -0.2) is 9.78 Å². The summed E-state index contributed by atoms with van der Waals surface area (Å²) in [5, 5.41) is 4.56. The van der Waals surface area contributed by atoms with Gasteiger partial charge in [0.05, 0.1) is 11.4 Å². The average Bonchev–Trinajstić information content (AvgIpc) is 2.61. The Balaban J connectivity index is 0.00000162. The minimum atomic E-state index is 0. The van der Waals surface area contributed by atoms with Crippen molar-refractivity contribution in [3.63, 3.8) is 0 Å². The first-order chi connectivity index (χ1) is 7.88. The summed E-state index contributed by atoms with van der Waals surface area (Å²) in [6.45, 7) is 6.38. The van der Waals surface area contributed by atoms with Gasteiger partial charge in [-0.2, -0.15) is 5.10 Å². The topological polar surface area (TPSA) is 43.8 Å². The van der Waals surface area contributed by atoms with E-state index in [9.17, 15) is 0 Å². The third kappa shape index (κ3) is 3.06. The Bertz CT molecular complexity index is 526. The highest BCUT2D eigenvalue weighted by molar-refractivity contribution is 9.10. The first-order valence-corrected chi connectivity index (χ1v) is 6.29. The molecule has 0 amide bonds. The molecular weight excluding hydrogens is 314 g/mol. The molecule has 2 aromatic rings. The average molecular weight is 331 g/mol. The van der Waals surface area contributed by atoms with Gasteiger partial charge in [0.15, 0.2) is 0 Å². The predicted octanol–water partition coefficient (Wildman–Crippen LogP) is 3.94. The van der Waals surface area contributed by atoms with Gasteiger partial charge >= 0.3 is 0 Å². The summed E-state index contributed by atoms with van der Waals surface area (Å²) in [7, 11) is 0. The second-order valence-electron chi connectivity index (χ2n) is 5.09. The van der Waals surface area contributed by atoms with E-state index >= 15 is 0 Å². The molecule has 1 heterocycles. The largest absolute Gasteiger partial charge is 0.384 e. The molecule has 0 aliphatic heterocycles. The van der Waals surface area contributed by atoms with E-state index < -0.39 is 0 Å². The highest BCUT2D eigenvalue weighted by atomic mass is 79.9. The van der Waals surface area contributed by atoms with Crippen molar-refractivity contribution in [2.75, 3.05) is 5.73 Å². The molecule has 0 spiro atoms. The molecule has 98 valence electrons. The zero-order chi connectivity index (χ0) is 12.6. The SMILES string of the molecule is CC(C)(C)c1cc(N)n(-c2ccc(Br)cc2)n1.Cl. The molecule has 0 saturated carbocycles. The van der Waals surface area contributed by atoms with E-state index in [2.05, 4.69) is 41.8 Å². The van der Waals surface area contributed by atoms with Crippen LogP contribution in [0.4, 0.5) is 5.82 Å². The van der Waals surface area contributed by atoms with Crippen molar-refractivity contribution < 1.29 is 0 Å². The summed E-state index contributed by atoms with van der Waals surface area (Å²) in [6.07, 6.45) is 0. The fourth-order valence-electron chi connectivity index (χ4n) is 1.55. The maximum absolute atomic E-state index is 6.00. The summed E-state index contributed by atoms with van der Waals surface area (Å²) < 4.78 is 2.82. The second kappa shape index (κ2) is 5.33. The lowest BCUT2D eigenvalue weighted by molar-refractivity contribution is 0.560. The molecular formula is C13H17BrClN3. The maximum atomic E-state index is 6.00. The van der Waals surface area contributed by atoms with Crippen LogP contribution in [0.15, 0.2) is 34.8 Å². The minimum absolute atomic E-state index is 0. The number of nitrogens with two attached hydrogens (primary N) is 1. The van der Waals surface area contributed by atoms with E-state index in [1.54, 1.807) is 4.68 Å². The number of rotatable bonds is 1. The lowest BCUT2D eigenvalue weighted by Gasteiger charge is -2.14. The van der Waals surface area contributed by atoms with E-state index in [-0.39, 0.29) is 17.8 Å². The van der Waals surface area contributed by atoms with Gasteiger partial charge in [0.25, 0.3) is 0 Å². The van der Waals surface area contributed by atoms with Crippen molar-refractivity contribution >= 4 is 34.2 Å². The van der Waals surface area contributed by atoms with E-state index in [0.29, 0.717) is 5.82 Å². The molecule has 0 fully saturated rings. The van der Waals surface area contributed by atoms with Crippen LogP contribution in [0.25, 0.3) is 5.69 Å². The van der Waals surface area contributed by atoms with Gasteiger partial charge in [0.1, 0.15) is 5.82 Å². The molecule has 0 aliphatic rings. The quantitative estimate of drug-likeness (QED) is 0.861. The number of benzene rings is 1. The molecule has 0 radical (unpaired) electrons. The fourth-order valence-corrected chi connectivity index (χ4v) is 1.82. The Morgan fingerprint density at radius 3 is 2.17 bits per heavy atom. The van der Waals surface area contributed by atoms with Crippen molar-refractivity contribution in [2.24, 2.45) is 0 Å². The summed E-state index contributed by atoms with van der Waals surface area (Å²) in [5.74, 6) is 0.664. The number of anilines is 1. The van der Waals surface area contributed by atoms with E-state index in [1.807, 2.05) is 30.3 Å². The summed E-state index contributed by atoms with van der Waals surface area (Å²) in [4.78, 5) is 0. The van der Waals surface area contributed by atoms with Crippen molar-refractivity contribution in [3.8, 4) is 5.69 Å². The van der Waals surface area contributed by atoms with Gasteiger partial charge in [-0.1, -0.05) is 36.7 Å². The molecule has 3 nitrogen and oxygen atoms in total. The van der Waals surface area contributed by atoms with Crippen LogP contribution in [-0.2, 0) is 5.41 Å². The van der Waals surface area contributed by atoms with Crippen molar-refractivity contribution in [1.29, 1.82) is 0 Å². The number of halogens is 2. The molecule has 0 aliphatic carbocycles. The van der Waals surface area contributed by atoms with E-state index in [1.165, 1.54) is 0 Å². The Kier molecular flexibility index (Phi) is 4.46. The Morgan fingerprint density at radius 1 is 1.17 bits per heavy atom. The van der Waals surface area contributed by atoms with Crippen molar-refractivity contribution in [3.05, 3.63) is 40.5 Å². The molecule has 0 atom stereocenters. The molecule has 2 rings (SSSR count). The fraction of sp³-hybridized carbons (Fsp3) is 0.308. The highest BCUT2D eigenvalue weighted by Gasteiger charge is 2.19. The lowest BCUT2D eigenvalue weighted by atomic mass is 9.92. The van der Waals surface area contributed by atoms with Crippen LogP contribution >= 0.6 is 28.3 Å². The smallest absolute Gasteiger partial charge is 0.127 e. The van der Waals surface area contributed by atoms with Gasteiger partial charge < -0.3 is 5.73 Å². The second-order valence-corrected chi connectivity index (χ2v) is 6.01. The predicted molar refractivity (Wildman–Crippen MR) is 81.6 cm³/mol. The third-order valence-corrected chi connectivity index (χ3v) is 3.11. The van der Waals surface area contributed by atoms with E-state index in [0.717, 1.165) is 15.9 Å². The normalized spacial score (nSPS) is 11.1. The molecule has 1 aromatic carbocycles. The van der Waals surface area contributed by atoms with Crippen molar-refractivity contribution in [2.45, 2.75) is 26.2 Å². The highest BCUT2D eigenvalue weighted by Crippen LogP contribution is 2.25. The van der Waals surface area contributed by atoms with Crippen LogP contribution in [0, 0.1) is 0 Å². The van der Waals surface area contributed by atoms with Crippen LogP contribution in [0.2, 0.25) is 0 Å². The number of hydrogen-bond acceptors (Lipinski definition) is 2. The molecule has 0 saturated heterocycles. The van der Waals surface area contributed by atoms with Crippen molar-refractivity contribution in [1.82, 2.24) is 9.78 Å². The van der Waals surface area contributed by atoms with Gasteiger partial charge in [-0.05, 0) is 24.3 Å². The van der Waals surface area contributed by atoms with Gasteiger partial charge in [-0.25, -0.2) is 4.68 Å². The Morgan fingerprint density at radius 2 is 1.72 bits per heavy atom. The summed E-state index contributed by atoms with van der Waals surface area (Å²) >= 11 is 3.41. The zero-order valence-corrected chi connectivity index (χ0v) is 13.0. The van der Waals surface area contributed by atoms with Crippen LogP contribution in [0.1, 0.15) is 26.5 Å². The number of hydrogen-bond donors (Lipinski definition) is 1. The Labute approximate surface area is 122 Å². The molecule has 5 heteroatoms. The minimum Gasteiger partial charge on any atom is -0.384 e. The monoisotopic (exact) mass is 329 g/mol. The standard InChI is InChI=1S/C13H16BrN3.ClH/c1-13(2,3)11-8-12(15)17(16-11)10-6-4-9(14)5-7-10;/h4-8H,15H2,1-3H3;1H. The number of nitrogen functional groups attached to an aromatic ring is 1. The summed E-state index contributed by atoms with van der Waals surface area (Å²) in [6, 6.07) is 9.86. The van der Waals surface area contributed by atoms with Gasteiger partial charge in [-0.15, -0.1) is 12.4 Å². The van der Waals surface area contributed by atoms with Crippen LogP contribution in [0.5, 0.6) is 0 Å². The van der Waals surface area contributed by atoms with Gasteiger partial charge in [0, 0.05) is 16.0 Å². The zero-order valence-electron chi connectivity index (χ0n) is 10.6. The number of nitrogens with zero attached hydrogens (tertiary/aromatic N) is 2. The number of aromatic nitrogens is 2. The lowest BCUT2D eigenvalue weighted by Crippen LogP contribution is -2.12. The molecule has 0 unspecified atom stereocenters. The van der Waals surface area contributed by atoms with Crippen LogP contribution in [0.3, 0.4) is 0 Å². The van der Waals surface area contributed by atoms with E-state index in [4.69, 9.17) is 5.73 Å². The molecule has 18 heavy (non-hydrogen) atoms. The van der Waals surface area contributed by atoms with Gasteiger partial charge in [0.2, 0.25) is 0 Å². The molecule has 0 bridgehead atoms. The first-order valence-electron chi connectivity index (χ1n) is 5.50.